The van der Waals surface area contributed by atoms with Crippen molar-refractivity contribution in [1.82, 2.24) is 0 Å². The van der Waals surface area contributed by atoms with E-state index >= 15 is 0 Å². The van der Waals surface area contributed by atoms with Gasteiger partial charge in [-0.25, -0.2) is 0 Å². The number of hydrogen-bond acceptors (Lipinski definition) is 1. The summed E-state index contributed by atoms with van der Waals surface area (Å²) in [4.78, 5) is 0. The molecule has 2 saturated carbocycles. The van der Waals surface area contributed by atoms with Gasteiger partial charge in [-0.2, -0.15) is 0 Å². The summed E-state index contributed by atoms with van der Waals surface area (Å²) in [5.41, 5.74) is 5.50. The third-order valence-corrected chi connectivity index (χ3v) is 3.66. The van der Waals surface area contributed by atoms with Gasteiger partial charge < -0.3 is 5.73 Å². The van der Waals surface area contributed by atoms with Crippen LogP contribution in [0.3, 0.4) is 0 Å². The highest BCUT2D eigenvalue weighted by Crippen LogP contribution is 2.49. The van der Waals surface area contributed by atoms with E-state index in [2.05, 4.69) is 0 Å². The van der Waals surface area contributed by atoms with E-state index in [0.717, 1.165) is 24.3 Å². The smallest absolute Gasteiger partial charge is 0.00772 e. The van der Waals surface area contributed by atoms with Gasteiger partial charge in [0.05, 0.1) is 0 Å². The minimum absolute atomic E-state index is 0.897. The Morgan fingerprint density at radius 2 is 2.09 bits per heavy atom. The molecule has 2 fully saturated rings. The molecule has 64 valence electrons. The van der Waals surface area contributed by atoms with Gasteiger partial charge in [-0.3, -0.25) is 0 Å². The van der Waals surface area contributed by atoms with E-state index in [-0.39, 0.29) is 0 Å². The first kappa shape index (κ1) is 7.60. The lowest BCUT2D eigenvalue weighted by molar-refractivity contribution is 0.310. The molecule has 0 aromatic heterocycles. The third kappa shape index (κ3) is 1.44. The van der Waals surface area contributed by atoms with Crippen LogP contribution < -0.4 is 5.73 Å². The molecule has 0 heterocycles. The monoisotopic (exact) mass is 153 g/mol. The lowest BCUT2D eigenvalue weighted by Gasteiger charge is -2.20. The number of fused-ring (bicyclic) bond motifs is 2. The Labute approximate surface area is 69.4 Å². The van der Waals surface area contributed by atoms with Crippen LogP contribution in [0.2, 0.25) is 0 Å². The molecule has 2 N–H and O–H groups in total. The van der Waals surface area contributed by atoms with Gasteiger partial charge in [-0.05, 0) is 56.4 Å². The summed E-state index contributed by atoms with van der Waals surface area (Å²) < 4.78 is 0. The molecule has 2 bridgehead atoms. The second-order valence-corrected chi connectivity index (χ2v) is 4.37. The molecule has 3 unspecified atom stereocenters. The fourth-order valence-corrected chi connectivity index (χ4v) is 3.11. The van der Waals surface area contributed by atoms with Crippen molar-refractivity contribution in [1.29, 1.82) is 0 Å². The zero-order valence-corrected chi connectivity index (χ0v) is 7.26. The van der Waals surface area contributed by atoms with E-state index in [4.69, 9.17) is 5.73 Å². The predicted molar refractivity (Wildman–Crippen MR) is 47.2 cm³/mol. The molecule has 0 saturated heterocycles. The van der Waals surface area contributed by atoms with E-state index in [1.54, 1.807) is 6.42 Å². The highest BCUT2D eigenvalue weighted by Gasteiger charge is 2.38. The minimum atomic E-state index is 0.897. The maximum absolute atomic E-state index is 5.50. The Bertz CT molecular complexity index is 133. The molecular weight excluding hydrogens is 134 g/mol. The van der Waals surface area contributed by atoms with E-state index in [9.17, 15) is 0 Å². The quantitative estimate of drug-likeness (QED) is 0.660. The van der Waals surface area contributed by atoms with Crippen molar-refractivity contribution in [2.75, 3.05) is 6.54 Å². The molecule has 0 aliphatic heterocycles. The van der Waals surface area contributed by atoms with E-state index in [0.29, 0.717) is 0 Å². The minimum Gasteiger partial charge on any atom is -0.330 e. The molecule has 0 aromatic rings. The third-order valence-electron chi connectivity index (χ3n) is 3.66. The first-order valence-electron chi connectivity index (χ1n) is 5.10. The molecule has 3 atom stereocenters. The lowest BCUT2D eigenvalue weighted by atomic mass is 9.86. The van der Waals surface area contributed by atoms with Gasteiger partial charge in [-0.15, -0.1) is 0 Å². The molecule has 0 aromatic carbocycles. The van der Waals surface area contributed by atoms with E-state index in [1.165, 1.54) is 32.1 Å². The maximum Gasteiger partial charge on any atom is -0.00772 e. The van der Waals surface area contributed by atoms with Gasteiger partial charge in [0.2, 0.25) is 0 Å². The predicted octanol–water partition coefficient (Wildman–Crippen LogP) is 2.16. The summed E-state index contributed by atoms with van der Waals surface area (Å²) in [7, 11) is 0. The average molecular weight is 153 g/mol. The van der Waals surface area contributed by atoms with Crippen LogP contribution in [0.15, 0.2) is 0 Å². The number of rotatable bonds is 3. The van der Waals surface area contributed by atoms with Gasteiger partial charge in [0.25, 0.3) is 0 Å². The fourth-order valence-electron chi connectivity index (χ4n) is 3.11. The van der Waals surface area contributed by atoms with Crippen molar-refractivity contribution in [3.8, 4) is 0 Å². The maximum atomic E-state index is 5.50. The van der Waals surface area contributed by atoms with Crippen LogP contribution in [0.1, 0.15) is 38.5 Å². The van der Waals surface area contributed by atoms with Gasteiger partial charge >= 0.3 is 0 Å². The van der Waals surface area contributed by atoms with E-state index in [1.807, 2.05) is 0 Å². The molecule has 1 heteroatoms. The zero-order chi connectivity index (χ0) is 7.68. The summed E-state index contributed by atoms with van der Waals surface area (Å²) in [5.74, 6) is 3.28. The van der Waals surface area contributed by atoms with Crippen molar-refractivity contribution in [2.24, 2.45) is 23.5 Å². The van der Waals surface area contributed by atoms with Crippen molar-refractivity contribution in [3.05, 3.63) is 0 Å². The Morgan fingerprint density at radius 3 is 2.64 bits per heavy atom. The molecule has 0 radical (unpaired) electrons. The lowest BCUT2D eigenvalue weighted by Crippen LogP contribution is -2.12. The Balaban J connectivity index is 1.78. The summed E-state index contributed by atoms with van der Waals surface area (Å²) >= 11 is 0. The van der Waals surface area contributed by atoms with Crippen LogP contribution in [-0.4, -0.2) is 6.54 Å². The molecule has 2 aliphatic carbocycles. The summed E-state index contributed by atoms with van der Waals surface area (Å²) in [6.45, 7) is 0.897. The van der Waals surface area contributed by atoms with Gasteiger partial charge in [0.15, 0.2) is 0 Å². The van der Waals surface area contributed by atoms with Crippen molar-refractivity contribution in [2.45, 2.75) is 38.5 Å². The van der Waals surface area contributed by atoms with E-state index < -0.39 is 0 Å². The van der Waals surface area contributed by atoms with Crippen LogP contribution in [0.25, 0.3) is 0 Å². The molecule has 1 nitrogen and oxygen atoms in total. The molecular formula is C10H19N. The van der Waals surface area contributed by atoms with Crippen molar-refractivity contribution in [3.63, 3.8) is 0 Å². The highest BCUT2D eigenvalue weighted by molar-refractivity contribution is 4.89. The van der Waals surface area contributed by atoms with Crippen LogP contribution >= 0.6 is 0 Å². The highest BCUT2D eigenvalue weighted by atomic mass is 14.5. The largest absolute Gasteiger partial charge is 0.330 e. The van der Waals surface area contributed by atoms with Crippen molar-refractivity contribution < 1.29 is 0 Å². The average Bonchev–Trinajstić information content (AvgIpc) is 2.60. The first-order chi connectivity index (χ1) is 5.40. The topological polar surface area (TPSA) is 26.0 Å². The molecule has 0 amide bonds. The number of hydrogen-bond donors (Lipinski definition) is 1. The Kier molecular flexibility index (Phi) is 2.17. The summed E-state index contributed by atoms with van der Waals surface area (Å²) in [6, 6.07) is 0. The van der Waals surface area contributed by atoms with Crippen LogP contribution in [0.4, 0.5) is 0 Å². The Hall–Kier alpha value is -0.0400. The van der Waals surface area contributed by atoms with Crippen LogP contribution in [-0.2, 0) is 0 Å². The fraction of sp³-hybridized carbons (Fsp3) is 1.00. The summed E-state index contributed by atoms with van der Waals surface area (Å²) in [5, 5.41) is 0. The van der Waals surface area contributed by atoms with Gasteiger partial charge in [0, 0.05) is 0 Å². The second kappa shape index (κ2) is 3.14. The van der Waals surface area contributed by atoms with Crippen LogP contribution in [0.5, 0.6) is 0 Å². The van der Waals surface area contributed by atoms with Crippen molar-refractivity contribution >= 4 is 0 Å². The Morgan fingerprint density at radius 1 is 1.18 bits per heavy atom. The normalized spacial score (nSPS) is 41.7. The van der Waals surface area contributed by atoms with Gasteiger partial charge in [-0.1, -0.05) is 6.42 Å². The number of nitrogens with two attached hydrogens (primary N) is 1. The zero-order valence-electron chi connectivity index (χ0n) is 7.26. The standard InChI is InChI=1S/C10H19N/c11-5-1-2-9-6-8-3-4-10(9)7-8/h8-10H,1-7,11H2. The molecule has 2 rings (SSSR count). The summed E-state index contributed by atoms with van der Waals surface area (Å²) in [6.07, 6.45) is 8.81. The molecule has 0 spiro atoms. The van der Waals surface area contributed by atoms with Gasteiger partial charge in [0.1, 0.15) is 0 Å². The molecule has 11 heavy (non-hydrogen) atoms. The molecule has 2 aliphatic rings. The van der Waals surface area contributed by atoms with Crippen LogP contribution in [0, 0.1) is 17.8 Å². The SMILES string of the molecule is NCCCC1CC2CCC1C2. The second-order valence-electron chi connectivity index (χ2n) is 4.37. The first-order valence-corrected chi connectivity index (χ1v) is 5.10.